The normalized spacial score (nSPS) is 22.2. The third-order valence-electron chi connectivity index (χ3n) is 6.36. The Labute approximate surface area is 192 Å². The fourth-order valence-electron chi connectivity index (χ4n) is 4.54. The van der Waals surface area contributed by atoms with Gasteiger partial charge in [-0.15, -0.1) is 0 Å². The largest absolute Gasteiger partial charge is 0.334 e. The Balaban J connectivity index is 1.58. The molecule has 2 aliphatic rings. The van der Waals surface area contributed by atoms with Crippen LogP contribution in [0.2, 0.25) is 0 Å². The number of piperazine rings is 1. The molecule has 0 aliphatic carbocycles. The van der Waals surface area contributed by atoms with Gasteiger partial charge in [-0.3, -0.25) is 9.59 Å². The van der Waals surface area contributed by atoms with Crippen molar-refractivity contribution in [1.82, 2.24) is 25.1 Å². The average molecular weight is 454 g/mol. The first-order valence-electron chi connectivity index (χ1n) is 11.0. The number of hydrazine groups is 1. The van der Waals surface area contributed by atoms with Gasteiger partial charge in [0.25, 0.3) is 0 Å². The van der Waals surface area contributed by atoms with Crippen molar-refractivity contribution in [2.45, 2.75) is 38.6 Å². The summed E-state index contributed by atoms with van der Waals surface area (Å²) in [4.78, 5) is 42.4. The quantitative estimate of drug-likeness (QED) is 0.771. The molecule has 174 valence electrons. The lowest BCUT2D eigenvalue weighted by atomic mass is 10.0. The van der Waals surface area contributed by atoms with Crippen LogP contribution in [-0.4, -0.2) is 70.0 Å². The number of urea groups is 1. The van der Waals surface area contributed by atoms with Gasteiger partial charge in [0.1, 0.15) is 18.0 Å². The van der Waals surface area contributed by atoms with E-state index in [1.165, 1.54) is 22.0 Å². The van der Waals surface area contributed by atoms with Crippen molar-refractivity contribution in [3.05, 3.63) is 71.5 Å². The van der Waals surface area contributed by atoms with Crippen LogP contribution in [0.15, 0.2) is 54.6 Å². The molecule has 0 spiro atoms. The highest BCUT2D eigenvalue weighted by molar-refractivity contribution is 5.91. The Morgan fingerprint density at radius 1 is 1.12 bits per heavy atom. The molecule has 33 heavy (non-hydrogen) atoms. The fourth-order valence-corrected chi connectivity index (χ4v) is 4.54. The number of rotatable bonds is 4. The van der Waals surface area contributed by atoms with Crippen LogP contribution in [0.4, 0.5) is 9.18 Å². The van der Waals surface area contributed by atoms with E-state index >= 15 is 0 Å². The van der Waals surface area contributed by atoms with Gasteiger partial charge in [0.2, 0.25) is 11.8 Å². The molecule has 2 aliphatic heterocycles. The summed E-state index contributed by atoms with van der Waals surface area (Å²) in [5.41, 5.74) is 1.73. The number of amides is 4. The molecule has 0 radical (unpaired) electrons. The van der Waals surface area contributed by atoms with Gasteiger partial charge in [-0.25, -0.2) is 19.2 Å². The Kier molecular flexibility index (Phi) is 6.33. The molecule has 4 amide bonds. The third kappa shape index (κ3) is 4.41. The molecule has 2 aromatic carbocycles. The van der Waals surface area contributed by atoms with Crippen molar-refractivity contribution in [2.24, 2.45) is 0 Å². The summed E-state index contributed by atoms with van der Waals surface area (Å²) >= 11 is 0. The maximum absolute atomic E-state index is 13.4. The van der Waals surface area contributed by atoms with Crippen molar-refractivity contribution in [3.8, 4) is 0 Å². The monoisotopic (exact) mass is 453 g/mol. The first-order chi connectivity index (χ1) is 15.8. The molecular formula is C24H28FN5O3. The van der Waals surface area contributed by atoms with Crippen LogP contribution in [-0.2, 0) is 16.1 Å². The maximum Gasteiger partial charge on any atom is 0.334 e. The number of benzene rings is 2. The zero-order chi connectivity index (χ0) is 23.7. The van der Waals surface area contributed by atoms with Crippen LogP contribution in [0.3, 0.4) is 0 Å². The molecule has 9 heteroatoms. The van der Waals surface area contributed by atoms with Gasteiger partial charge in [0, 0.05) is 13.6 Å². The van der Waals surface area contributed by atoms with E-state index in [4.69, 9.17) is 0 Å². The molecule has 2 saturated heterocycles. The van der Waals surface area contributed by atoms with Crippen molar-refractivity contribution in [2.75, 3.05) is 20.1 Å². The summed E-state index contributed by atoms with van der Waals surface area (Å²) < 4.78 is 13.4. The number of fused-ring (bicyclic) bond motifs is 1. The molecular weight excluding hydrogens is 425 g/mol. The van der Waals surface area contributed by atoms with E-state index in [-0.39, 0.29) is 42.8 Å². The lowest BCUT2D eigenvalue weighted by molar-refractivity contribution is -0.187. The van der Waals surface area contributed by atoms with Crippen LogP contribution in [0.5, 0.6) is 0 Å². The van der Waals surface area contributed by atoms with E-state index in [0.29, 0.717) is 6.54 Å². The highest BCUT2D eigenvalue weighted by Crippen LogP contribution is 2.31. The minimum absolute atomic E-state index is 0.000390. The number of nitrogens with zero attached hydrogens (tertiary/aromatic N) is 4. The van der Waals surface area contributed by atoms with E-state index in [0.717, 1.165) is 11.1 Å². The molecule has 1 N–H and O–H groups in total. The highest BCUT2D eigenvalue weighted by atomic mass is 19.1. The zero-order valence-corrected chi connectivity index (χ0v) is 18.9. The number of carbonyl (C=O) groups excluding carboxylic acids is 3. The van der Waals surface area contributed by atoms with Crippen LogP contribution in [0.1, 0.15) is 31.0 Å². The van der Waals surface area contributed by atoms with Crippen molar-refractivity contribution >= 4 is 17.8 Å². The summed E-state index contributed by atoms with van der Waals surface area (Å²) in [6.45, 7) is 4.04. The second-order valence-electron chi connectivity index (χ2n) is 8.48. The van der Waals surface area contributed by atoms with Gasteiger partial charge in [0.05, 0.1) is 19.1 Å². The van der Waals surface area contributed by atoms with Gasteiger partial charge in [0.15, 0.2) is 0 Å². The Morgan fingerprint density at radius 3 is 2.45 bits per heavy atom. The predicted molar refractivity (Wildman–Crippen MR) is 120 cm³/mol. The molecule has 0 saturated carbocycles. The molecule has 2 unspecified atom stereocenters. The maximum atomic E-state index is 13.4. The Morgan fingerprint density at radius 2 is 1.79 bits per heavy atom. The first-order valence-corrected chi connectivity index (χ1v) is 11.0. The van der Waals surface area contributed by atoms with E-state index in [1.54, 1.807) is 36.0 Å². The first kappa shape index (κ1) is 22.7. The summed E-state index contributed by atoms with van der Waals surface area (Å²) in [6, 6.07) is 14.1. The van der Waals surface area contributed by atoms with Crippen molar-refractivity contribution < 1.29 is 18.8 Å². The van der Waals surface area contributed by atoms with Gasteiger partial charge in [-0.2, -0.15) is 0 Å². The molecule has 8 nitrogen and oxygen atoms in total. The van der Waals surface area contributed by atoms with E-state index in [9.17, 15) is 18.8 Å². The number of likely N-dealkylation sites (N-methyl/N-ethyl adjacent to an activating group) is 1. The molecule has 3 atom stereocenters. The van der Waals surface area contributed by atoms with Crippen molar-refractivity contribution in [3.63, 3.8) is 0 Å². The predicted octanol–water partition coefficient (Wildman–Crippen LogP) is 2.34. The molecule has 0 bridgehead atoms. The number of carbonyl (C=O) groups is 3. The number of hydrogen-bond acceptors (Lipinski definition) is 4. The van der Waals surface area contributed by atoms with Crippen LogP contribution >= 0.6 is 0 Å². The number of halogens is 1. The zero-order valence-electron chi connectivity index (χ0n) is 18.9. The molecule has 4 rings (SSSR count). The standard InChI is InChI=1S/C24H28FN5O3/c1-16(19-9-11-20(25)12-10-19)28-14-21-29(17(2)23(28)32)22(31)15-27(3)30(21)24(33)26-13-18-7-5-4-6-8-18/h4-12,16-17,21H,13-15H2,1-3H3,(H,26,33)/t16?,17-,21?/m0/s1. The van der Waals surface area contributed by atoms with Crippen LogP contribution < -0.4 is 5.32 Å². The topological polar surface area (TPSA) is 76.2 Å². The second-order valence-corrected chi connectivity index (χ2v) is 8.48. The molecule has 0 aromatic heterocycles. The van der Waals surface area contributed by atoms with Gasteiger partial charge in [-0.1, -0.05) is 42.5 Å². The fraction of sp³-hybridized carbons (Fsp3) is 0.375. The van der Waals surface area contributed by atoms with E-state index in [1.807, 2.05) is 37.3 Å². The third-order valence-corrected chi connectivity index (χ3v) is 6.36. The average Bonchev–Trinajstić information content (AvgIpc) is 2.80. The van der Waals surface area contributed by atoms with Gasteiger partial charge in [-0.05, 0) is 37.1 Å². The van der Waals surface area contributed by atoms with Gasteiger partial charge >= 0.3 is 6.03 Å². The molecule has 2 fully saturated rings. The minimum Gasteiger partial charge on any atom is -0.333 e. The summed E-state index contributed by atoms with van der Waals surface area (Å²) in [5, 5.41) is 6.02. The minimum atomic E-state index is -0.725. The molecule has 2 aromatic rings. The molecule has 2 heterocycles. The lowest BCUT2D eigenvalue weighted by Gasteiger charge is -2.54. The van der Waals surface area contributed by atoms with Crippen LogP contribution in [0, 0.1) is 5.82 Å². The number of nitrogens with one attached hydrogen (secondary N) is 1. The summed E-state index contributed by atoms with van der Waals surface area (Å²) in [7, 11) is 1.69. The Bertz CT molecular complexity index is 1030. The van der Waals surface area contributed by atoms with E-state index < -0.39 is 12.2 Å². The van der Waals surface area contributed by atoms with Crippen LogP contribution in [0.25, 0.3) is 0 Å². The Hall–Kier alpha value is -3.46. The van der Waals surface area contributed by atoms with Gasteiger partial charge < -0.3 is 15.1 Å². The highest BCUT2D eigenvalue weighted by Gasteiger charge is 2.50. The summed E-state index contributed by atoms with van der Waals surface area (Å²) in [5.74, 6) is -0.758. The smallest absolute Gasteiger partial charge is 0.333 e. The van der Waals surface area contributed by atoms with E-state index in [2.05, 4.69) is 5.32 Å². The summed E-state index contributed by atoms with van der Waals surface area (Å²) in [6.07, 6.45) is -0.650. The van der Waals surface area contributed by atoms with Crippen molar-refractivity contribution in [1.29, 1.82) is 0 Å². The second kappa shape index (κ2) is 9.19. The SMILES string of the molecule is CC(c1ccc(F)cc1)N1CC2N(C(=O)CN(C)N2C(=O)NCc2ccccc2)[C@@H](C)C1=O. The lowest BCUT2D eigenvalue weighted by Crippen LogP contribution is -2.75. The number of hydrogen-bond donors (Lipinski definition) is 1.